The van der Waals surface area contributed by atoms with Crippen molar-refractivity contribution in [3.8, 4) is 0 Å². The Morgan fingerprint density at radius 1 is 1.39 bits per heavy atom. The molecule has 4 rings (SSSR count). The lowest BCUT2D eigenvalue weighted by Gasteiger charge is -2.22. The van der Waals surface area contributed by atoms with Crippen molar-refractivity contribution in [2.24, 2.45) is 5.73 Å². The van der Waals surface area contributed by atoms with Gasteiger partial charge in [0.15, 0.2) is 0 Å². The third-order valence-corrected chi connectivity index (χ3v) is 5.87. The van der Waals surface area contributed by atoms with E-state index in [1.807, 2.05) is 11.4 Å². The van der Waals surface area contributed by atoms with E-state index in [2.05, 4.69) is 9.88 Å². The first-order valence-electron chi connectivity index (χ1n) is 8.39. The number of primary amides is 1. The molecule has 5 nitrogen and oxygen atoms in total. The highest BCUT2D eigenvalue weighted by atomic mass is 32.1. The van der Waals surface area contributed by atoms with Gasteiger partial charge in [-0.05, 0) is 51.1 Å². The summed E-state index contributed by atoms with van der Waals surface area (Å²) in [4.78, 5) is 23.4. The number of H-pyrrole nitrogens is 1. The van der Waals surface area contributed by atoms with Crippen molar-refractivity contribution in [3.63, 3.8) is 0 Å². The lowest BCUT2D eigenvalue weighted by Crippen LogP contribution is -2.23. The predicted octanol–water partition coefficient (Wildman–Crippen LogP) is 2.79. The van der Waals surface area contributed by atoms with Crippen LogP contribution < -0.4 is 5.73 Å². The minimum Gasteiger partial charge on any atom is -0.366 e. The summed E-state index contributed by atoms with van der Waals surface area (Å²) in [5, 5.41) is 1.86. The summed E-state index contributed by atoms with van der Waals surface area (Å²) in [5.41, 5.74) is 8.60. The van der Waals surface area contributed by atoms with Crippen molar-refractivity contribution < 1.29 is 4.79 Å². The fraction of sp³-hybridized carbons (Fsp3) is 0.529. The normalized spacial score (nSPS) is 21.5. The van der Waals surface area contributed by atoms with Crippen LogP contribution in [0.15, 0.2) is 11.4 Å². The molecule has 2 aromatic heterocycles. The van der Waals surface area contributed by atoms with E-state index in [1.165, 1.54) is 35.5 Å². The maximum absolute atomic E-state index is 11.2. The van der Waals surface area contributed by atoms with Crippen LogP contribution in [-0.4, -0.2) is 27.3 Å². The van der Waals surface area contributed by atoms with Crippen LogP contribution in [0.2, 0.25) is 0 Å². The van der Waals surface area contributed by atoms with E-state index in [0.717, 1.165) is 38.2 Å². The van der Waals surface area contributed by atoms with Gasteiger partial charge in [-0.25, -0.2) is 4.98 Å². The predicted molar refractivity (Wildman–Crippen MR) is 90.5 cm³/mol. The third-order valence-electron chi connectivity index (χ3n) is 4.95. The zero-order chi connectivity index (χ0) is 15.8. The van der Waals surface area contributed by atoms with Gasteiger partial charge in [-0.1, -0.05) is 0 Å². The first-order chi connectivity index (χ1) is 11.2. The zero-order valence-electron chi connectivity index (χ0n) is 13.2. The summed E-state index contributed by atoms with van der Waals surface area (Å²) in [6.07, 6.45) is 7.14. The molecule has 1 amide bonds. The van der Waals surface area contributed by atoms with Crippen molar-refractivity contribution in [3.05, 3.63) is 39.1 Å². The number of hydrogen-bond donors (Lipinski definition) is 2. The molecule has 2 aliphatic rings. The Balaban J connectivity index is 1.51. The van der Waals surface area contributed by atoms with Gasteiger partial charge in [0, 0.05) is 22.5 Å². The number of aromatic amines is 1. The molecule has 0 unspecified atom stereocenters. The maximum atomic E-state index is 11.2. The van der Waals surface area contributed by atoms with E-state index in [0.29, 0.717) is 11.6 Å². The molecule has 6 heteroatoms. The highest BCUT2D eigenvalue weighted by Crippen LogP contribution is 2.34. The number of likely N-dealkylation sites (tertiary alicyclic amines) is 1. The molecule has 2 aromatic rings. The van der Waals surface area contributed by atoms with Crippen molar-refractivity contribution in [1.82, 2.24) is 14.9 Å². The number of aromatic nitrogens is 2. The molecule has 1 aliphatic heterocycles. The zero-order valence-corrected chi connectivity index (χ0v) is 14.0. The van der Waals surface area contributed by atoms with E-state index >= 15 is 0 Å². The Hall–Kier alpha value is -1.66. The quantitative estimate of drug-likeness (QED) is 0.905. The van der Waals surface area contributed by atoms with Gasteiger partial charge in [-0.2, -0.15) is 0 Å². The fourth-order valence-corrected chi connectivity index (χ4v) is 4.65. The number of nitrogens with one attached hydrogen (secondary N) is 1. The van der Waals surface area contributed by atoms with Crippen LogP contribution in [0.1, 0.15) is 64.2 Å². The summed E-state index contributed by atoms with van der Waals surface area (Å²) in [6, 6.07) is 2.30. The van der Waals surface area contributed by atoms with Crippen molar-refractivity contribution in [2.75, 3.05) is 6.54 Å². The van der Waals surface area contributed by atoms with Crippen LogP contribution in [0.25, 0.3) is 0 Å². The Morgan fingerprint density at radius 3 is 3.04 bits per heavy atom. The van der Waals surface area contributed by atoms with Gasteiger partial charge in [-0.15, -0.1) is 11.3 Å². The molecule has 0 bridgehead atoms. The first kappa shape index (κ1) is 14.9. The number of aryl methyl sites for hydroxylation is 2. The third kappa shape index (κ3) is 2.93. The molecule has 3 N–H and O–H groups in total. The van der Waals surface area contributed by atoms with Crippen LogP contribution in [-0.2, 0) is 19.4 Å². The molecule has 3 heterocycles. The van der Waals surface area contributed by atoms with Crippen molar-refractivity contribution in [1.29, 1.82) is 0 Å². The molecule has 1 atom stereocenters. The van der Waals surface area contributed by atoms with E-state index in [1.54, 1.807) is 11.3 Å². The Morgan fingerprint density at radius 2 is 2.26 bits per heavy atom. The second kappa shape index (κ2) is 6.09. The number of nitrogens with two attached hydrogens (primary N) is 1. The molecule has 23 heavy (non-hydrogen) atoms. The summed E-state index contributed by atoms with van der Waals surface area (Å²) in [6.45, 7) is 1.95. The second-order valence-electron chi connectivity index (χ2n) is 6.55. The minimum absolute atomic E-state index is 0.343. The lowest BCUT2D eigenvalue weighted by atomic mass is 10.0. The van der Waals surface area contributed by atoms with Crippen LogP contribution in [0, 0.1) is 0 Å². The molecule has 1 fully saturated rings. The molecule has 122 valence electrons. The van der Waals surface area contributed by atoms with Crippen molar-refractivity contribution in [2.45, 2.75) is 51.1 Å². The van der Waals surface area contributed by atoms with Crippen LogP contribution in [0.5, 0.6) is 0 Å². The van der Waals surface area contributed by atoms with Gasteiger partial charge in [-0.3, -0.25) is 9.69 Å². The number of carbonyl (C=O) groups excluding carboxylic acids is 1. The maximum Gasteiger partial charge on any atom is 0.249 e. The number of imidazole rings is 1. The average Bonchev–Trinajstić information content (AvgIpc) is 3.25. The number of thiophene rings is 1. The summed E-state index contributed by atoms with van der Waals surface area (Å²) in [7, 11) is 0. The number of nitrogens with zero attached hydrogens (tertiary/aromatic N) is 2. The number of amides is 1. The largest absolute Gasteiger partial charge is 0.366 e. The summed E-state index contributed by atoms with van der Waals surface area (Å²) < 4.78 is 0. The summed E-state index contributed by atoms with van der Waals surface area (Å²) in [5.74, 6) is 0.797. The number of hydrogen-bond acceptors (Lipinski definition) is 4. The van der Waals surface area contributed by atoms with Gasteiger partial charge >= 0.3 is 0 Å². The molecule has 1 aliphatic carbocycles. The molecule has 0 saturated carbocycles. The lowest BCUT2D eigenvalue weighted by molar-refractivity contribution is 0.100. The molecule has 0 aromatic carbocycles. The molecule has 1 saturated heterocycles. The molecular formula is C17H22N4OS. The highest BCUT2D eigenvalue weighted by Gasteiger charge is 2.30. The van der Waals surface area contributed by atoms with E-state index in [9.17, 15) is 4.79 Å². The minimum atomic E-state index is -0.343. The Labute approximate surface area is 139 Å². The smallest absolute Gasteiger partial charge is 0.249 e. The highest BCUT2D eigenvalue weighted by molar-refractivity contribution is 7.10. The molecule has 0 radical (unpaired) electrons. The van der Waals surface area contributed by atoms with Crippen LogP contribution in [0.4, 0.5) is 0 Å². The Bertz CT molecular complexity index is 697. The SMILES string of the molecule is NC(=O)c1csc(CN2CCC[C@@H]2c2nc3c([nH]2)CCCC3)c1. The van der Waals surface area contributed by atoms with E-state index in [4.69, 9.17) is 10.7 Å². The van der Waals surface area contributed by atoms with Gasteiger partial charge in [0.2, 0.25) is 5.91 Å². The summed E-state index contributed by atoms with van der Waals surface area (Å²) >= 11 is 1.62. The number of carbonyl (C=O) groups is 1. The van der Waals surface area contributed by atoms with Gasteiger partial charge < -0.3 is 10.7 Å². The van der Waals surface area contributed by atoms with Crippen LogP contribution >= 0.6 is 11.3 Å². The topological polar surface area (TPSA) is 75.0 Å². The molecule has 0 spiro atoms. The second-order valence-corrected chi connectivity index (χ2v) is 7.54. The average molecular weight is 330 g/mol. The number of rotatable bonds is 4. The molecular weight excluding hydrogens is 308 g/mol. The van der Waals surface area contributed by atoms with Crippen LogP contribution in [0.3, 0.4) is 0 Å². The van der Waals surface area contributed by atoms with Crippen molar-refractivity contribution >= 4 is 17.2 Å². The first-order valence-corrected chi connectivity index (χ1v) is 9.27. The Kier molecular flexibility index (Phi) is 3.95. The van der Waals surface area contributed by atoms with Gasteiger partial charge in [0.05, 0.1) is 17.3 Å². The standard InChI is InChI=1S/C17H22N4OS/c18-16(22)11-8-12(23-10-11)9-21-7-3-6-15(21)17-19-13-4-1-2-5-14(13)20-17/h8,10,15H,1-7,9H2,(H2,18,22)(H,19,20)/t15-/m1/s1. The van der Waals surface area contributed by atoms with E-state index in [-0.39, 0.29) is 5.91 Å². The van der Waals surface area contributed by atoms with E-state index < -0.39 is 0 Å². The number of fused-ring (bicyclic) bond motifs is 1. The monoisotopic (exact) mass is 330 g/mol. The van der Waals surface area contributed by atoms with Gasteiger partial charge in [0.25, 0.3) is 0 Å². The fourth-order valence-electron chi connectivity index (χ4n) is 3.75. The van der Waals surface area contributed by atoms with Gasteiger partial charge in [0.1, 0.15) is 5.82 Å².